The van der Waals surface area contributed by atoms with Crippen LogP contribution in [0.1, 0.15) is 26.3 Å². The molecule has 0 aromatic heterocycles. The van der Waals surface area contributed by atoms with E-state index in [-0.39, 0.29) is 6.04 Å². The van der Waals surface area contributed by atoms with Gasteiger partial charge >= 0.3 is 0 Å². The molecular formula is C15H22F2N2O2. The Bertz CT molecular complexity index is 468. The van der Waals surface area contributed by atoms with E-state index in [2.05, 4.69) is 5.32 Å². The van der Waals surface area contributed by atoms with E-state index in [0.717, 1.165) is 0 Å². The molecule has 3 N–H and O–H groups in total. The summed E-state index contributed by atoms with van der Waals surface area (Å²) in [5.41, 5.74) is 6.04. The van der Waals surface area contributed by atoms with Crippen LogP contribution in [0.4, 0.5) is 8.78 Å². The van der Waals surface area contributed by atoms with Crippen molar-refractivity contribution in [3.05, 3.63) is 29.3 Å². The number of ether oxygens (including phenoxy) is 1. The topological polar surface area (TPSA) is 64.3 Å². The van der Waals surface area contributed by atoms with Crippen LogP contribution in [0.3, 0.4) is 0 Å². The second-order valence-electron chi connectivity index (χ2n) is 5.56. The van der Waals surface area contributed by atoms with Gasteiger partial charge in [-0.2, -0.15) is 0 Å². The Labute approximate surface area is 123 Å². The molecular weight excluding hydrogens is 278 g/mol. The van der Waals surface area contributed by atoms with E-state index in [1.807, 2.05) is 13.8 Å². The van der Waals surface area contributed by atoms with Gasteiger partial charge in [-0.15, -0.1) is 0 Å². The minimum atomic E-state index is -0.831. The Hall–Kier alpha value is -1.69. The Balaban J connectivity index is 2.65. The smallest absolute Gasteiger partial charge is 0.257 e. The lowest BCUT2D eigenvalue weighted by Crippen LogP contribution is -2.32. The number of carbonyl (C=O) groups excluding carboxylic acids is 1. The first-order chi connectivity index (χ1) is 9.79. The van der Waals surface area contributed by atoms with Crippen molar-refractivity contribution in [3.8, 4) is 5.75 Å². The zero-order chi connectivity index (χ0) is 16.0. The molecule has 0 saturated carbocycles. The van der Waals surface area contributed by atoms with Crippen molar-refractivity contribution < 1.29 is 18.3 Å². The molecule has 1 atom stereocenters. The number of hydrogen-bond acceptors (Lipinski definition) is 3. The van der Waals surface area contributed by atoms with Crippen LogP contribution in [0.25, 0.3) is 0 Å². The molecule has 118 valence electrons. The first-order valence-electron chi connectivity index (χ1n) is 6.92. The van der Waals surface area contributed by atoms with E-state index in [1.54, 1.807) is 6.92 Å². The molecule has 21 heavy (non-hydrogen) atoms. The van der Waals surface area contributed by atoms with E-state index >= 15 is 0 Å². The standard InChI is InChI=1S/C15H22F2N2O2/c1-9(2)7-19-14(20)8-21-15-12(16)5-11(4-10(3)18)6-13(15)17/h5-6,9-10H,4,7-8,18H2,1-3H3,(H,19,20). The second kappa shape index (κ2) is 7.93. The van der Waals surface area contributed by atoms with Crippen molar-refractivity contribution in [2.24, 2.45) is 11.7 Å². The maximum atomic E-state index is 13.8. The van der Waals surface area contributed by atoms with E-state index in [9.17, 15) is 13.6 Å². The molecule has 0 aliphatic heterocycles. The predicted molar refractivity (Wildman–Crippen MR) is 77.1 cm³/mol. The molecule has 0 bridgehead atoms. The van der Waals surface area contributed by atoms with E-state index < -0.39 is 29.9 Å². The molecule has 0 fully saturated rings. The van der Waals surface area contributed by atoms with Crippen molar-refractivity contribution >= 4 is 5.91 Å². The summed E-state index contributed by atoms with van der Waals surface area (Å²) >= 11 is 0. The number of amides is 1. The average Bonchev–Trinajstić information content (AvgIpc) is 2.34. The fourth-order valence-corrected chi connectivity index (χ4v) is 1.75. The summed E-state index contributed by atoms with van der Waals surface area (Å²) in [7, 11) is 0. The minimum absolute atomic E-state index is 0.197. The molecule has 1 rings (SSSR count). The van der Waals surface area contributed by atoms with Crippen molar-refractivity contribution in [2.45, 2.75) is 33.2 Å². The molecule has 0 spiro atoms. The number of nitrogens with one attached hydrogen (secondary N) is 1. The summed E-state index contributed by atoms with van der Waals surface area (Å²) < 4.78 is 32.5. The summed E-state index contributed by atoms with van der Waals surface area (Å²) in [5.74, 6) is -2.32. The molecule has 6 heteroatoms. The second-order valence-corrected chi connectivity index (χ2v) is 5.56. The highest BCUT2D eigenvalue weighted by Gasteiger charge is 2.15. The van der Waals surface area contributed by atoms with Crippen LogP contribution in [-0.2, 0) is 11.2 Å². The summed E-state index contributed by atoms with van der Waals surface area (Å²) in [6.45, 7) is 5.70. The van der Waals surface area contributed by atoms with Crippen molar-refractivity contribution in [3.63, 3.8) is 0 Å². The highest BCUT2D eigenvalue weighted by atomic mass is 19.1. The fourth-order valence-electron chi connectivity index (χ4n) is 1.75. The number of benzene rings is 1. The summed E-state index contributed by atoms with van der Waals surface area (Å²) in [4.78, 5) is 11.5. The number of nitrogens with two attached hydrogens (primary N) is 1. The molecule has 1 amide bonds. The van der Waals surface area contributed by atoms with Gasteiger partial charge in [0.2, 0.25) is 0 Å². The van der Waals surface area contributed by atoms with Crippen LogP contribution in [0, 0.1) is 17.6 Å². The zero-order valence-corrected chi connectivity index (χ0v) is 12.6. The molecule has 0 aliphatic carbocycles. The number of rotatable bonds is 7. The van der Waals surface area contributed by atoms with Crippen molar-refractivity contribution in [2.75, 3.05) is 13.2 Å². The first kappa shape index (κ1) is 17.4. The van der Waals surface area contributed by atoms with Gasteiger partial charge in [0, 0.05) is 12.6 Å². The quantitative estimate of drug-likeness (QED) is 0.809. The Morgan fingerprint density at radius 2 is 1.86 bits per heavy atom. The molecule has 1 unspecified atom stereocenters. The number of carbonyl (C=O) groups is 1. The van der Waals surface area contributed by atoms with Crippen LogP contribution >= 0.6 is 0 Å². The first-order valence-corrected chi connectivity index (χ1v) is 6.92. The summed E-state index contributed by atoms with van der Waals surface area (Å²) in [5, 5.41) is 2.60. The lowest BCUT2D eigenvalue weighted by Gasteiger charge is -2.12. The average molecular weight is 300 g/mol. The highest BCUT2D eigenvalue weighted by Crippen LogP contribution is 2.23. The normalized spacial score (nSPS) is 12.3. The molecule has 0 aliphatic rings. The van der Waals surface area contributed by atoms with Crippen LogP contribution in [-0.4, -0.2) is 25.1 Å². The van der Waals surface area contributed by atoms with Gasteiger partial charge in [-0.25, -0.2) is 8.78 Å². The van der Waals surface area contributed by atoms with E-state index in [0.29, 0.717) is 24.4 Å². The SMILES string of the molecule is CC(C)CNC(=O)COc1c(F)cc(CC(C)N)cc1F. The molecule has 0 saturated heterocycles. The van der Waals surface area contributed by atoms with Gasteiger partial charge in [0.25, 0.3) is 5.91 Å². The highest BCUT2D eigenvalue weighted by molar-refractivity contribution is 5.77. The summed E-state index contributed by atoms with van der Waals surface area (Å²) in [6.07, 6.45) is 0.364. The van der Waals surface area contributed by atoms with Gasteiger partial charge in [-0.3, -0.25) is 4.79 Å². The molecule has 4 nitrogen and oxygen atoms in total. The number of hydrogen-bond donors (Lipinski definition) is 2. The van der Waals surface area contributed by atoms with Crippen LogP contribution in [0.2, 0.25) is 0 Å². The zero-order valence-electron chi connectivity index (χ0n) is 12.6. The van der Waals surface area contributed by atoms with Crippen molar-refractivity contribution in [1.82, 2.24) is 5.32 Å². The molecule has 1 aromatic carbocycles. The van der Waals surface area contributed by atoms with Crippen LogP contribution in [0.5, 0.6) is 5.75 Å². The van der Waals surface area contributed by atoms with Crippen LogP contribution < -0.4 is 15.8 Å². The monoisotopic (exact) mass is 300 g/mol. The third kappa shape index (κ3) is 6.08. The van der Waals surface area contributed by atoms with Crippen LogP contribution in [0.15, 0.2) is 12.1 Å². The summed E-state index contributed by atoms with van der Waals surface area (Å²) in [6, 6.07) is 2.15. The van der Waals surface area contributed by atoms with Gasteiger partial charge in [-0.1, -0.05) is 13.8 Å². The largest absolute Gasteiger partial charge is 0.478 e. The lowest BCUT2D eigenvalue weighted by molar-refractivity contribution is -0.123. The van der Waals surface area contributed by atoms with E-state index in [4.69, 9.17) is 10.5 Å². The van der Waals surface area contributed by atoms with Gasteiger partial charge in [0.05, 0.1) is 0 Å². The van der Waals surface area contributed by atoms with Gasteiger partial charge in [0.1, 0.15) is 0 Å². The predicted octanol–water partition coefficient (Wildman–Crippen LogP) is 2.01. The maximum absolute atomic E-state index is 13.8. The fraction of sp³-hybridized carbons (Fsp3) is 0.533. The molecule has 1 aromatic rings. The van der Waals surface area contributed by atoms with Crippen molar-refractivity contribution in [1.29, 1.82) is 0 Å². The number of halogens is 2. The van der Waals surface area contributed by atoms with Gasteiger partial charge in [-0.05, 0) is 37.0 Å². The minimum Gasteiger partial charge on any atom is -0.478 e. The molecule has 0 radical (unpaired) electrons. The van der Waals surface area contributed by atoms with E-state index in [1.165, 1.54) is 12.1 Å². The third-order valence-electron chi connectivity index (χ3n) is 2.67. The Morgan fingerprint density at radius 1 is 1.29 bits per heavy atom. The Kier molecular flexibility index (Phi) is 6.55. The lowest BCUT2D eigenvalue weighted by atomic mass is 10.1. The van der Waals surface area contributed by atoms with Gasteiger partial charge < -0.3 is 15.8 Å². The maximum Gasteiger partial charge on any atom is 0.257 e. The Morgan fingerprint density at radius 3 is 2.33 bits per heavy atom. The molecule has 0 heterocycles. The van der Waals surface area contributed by atoms with Gasteiger partial charge in [0.15, 0.2) is 24.0 Å². The third-order valence-corrected chi connectivity index (χ3v) is 2.67.